The van der Waals surface area contributed by atoms with Gasteiger partial charge in [0.15, 0.2) is 0 Å². The molecule has 0 heterocycles. The number of benzene rings is 1. The molecule has 15 heavy (non-hydrogen) atoms. The van der Waals surface area contributed by atoms with E-state index in [-0.39, 0.29) is 11.7 Å². The van der Waals surface area contributed by atoms with Gasteiger partial charge in [0.2, 0.25) is 5.91 Å². The highest BCUT2D eigenvalue weighted by molar-refractivity contribution is 5.75. The second kappa shape index (κ2) is 5.34. The van der Waals surface area contributed by atoms with E-state index in [9.17, 15) is 9.18 Å². The van der Waals surface area contributed by atoms with Gasteiger partial charge in [0.05, 0.1) is 13.0 Å². The van der Waals surface area contributed by atoms with Gasteiger partial charge in [-0.1, -0.05) is 0 Å². The van der Waals surface area contributed by atoms with Crippen LogP contribution in [-0.2, 0) is 4.79 Å². The van der Waals surface area contributed by atoms with E-state index in [1.54, 1.807) is 26.1 Å². The van der Waals surface area contributed by atoms with Gasteiger partial charge in [-0.2, -0.15) is 0 Å². The zero-order valence-electron chi connectivity index (χ0n) is 8.84. The maximum absolute atomic E-state index is 12.9. The molecule has 1 aromatic carbocycles. The molecule has 1 amide bonds. The summed E-state index contributed by atoms with van der Waals surface area (Å²) in [7, 11) is 1.57. The van der Waals surface area contributed by atoms with E-state index in [1.165, 1.54) is 6.07 Å². The van der Waals surface area contributed by atoms with E-state index in [0.717, 1.165) is 0 Å². The first-order chi connectivity index (χ1) is 7.13. The summed E-state index contributed by atoms with van der Waals surface area (Å²) in [6.07, 6.45) is 0.299. The normalized spacial score (nSPS) is 9.80. The van der Waals surface area contributed by atoms with Gasteiger partial charge < -0.3 is 10.1 Å². The van der Waals surface area contributed by atoms with Crippen LogP contribution in [0.25, 0.3) is 0 Å². The molecule has 0 spiro atoms. The molecular formula is C11H14FNO2. The zero-order valence-corrected chi connectivity index (χ0v) is 8.84. The average molecular weight is 211 g/mol. The Balaban J connectivity index is 2.44. The molecule has 0 aliphatic heterocycles. The van der Waals surface area contributed by atoms with Gasteiger partial charge >= 0.3 is 0 Å². The van der Waals surface area contributed by atoms with Crippen molar-refractivity contribution in [1.29, 1.82) is 0 Å². The number of carbonyl (C=O) groups is 1. The number of hydrogen-bond acceptors (Lipinski definition) is 2. The lowest BCUT2D eigenvalue weighted by atomic mass is 10.2. The van der Waals surface area contributed by atoms with Crippen molar-refractivity contribution >= 4 is 5.91 Å². The van der Waals surface area contributed by atoms with Crippen LogP contribution in [0.15, 0.2) is 18.2 Å². The van der Waals surface area contributed by atoms with Crippen molar-refractivity contribution in [2.45, 2.75) is 13.3 Å². The van der Waals surface area contributed by atoms with Crippen LogP contribution in [0, 0.1) is 12.7 Å². The minimum Gasteiger partial charge on any atom is -0.493 e. The number of hydrogen-bond donors (Lipinski definition) is 1. The highest BCUT2D eigenvalue weighted by atomic mass is 19.1. The van der Waals surface area contributed by atoms with E-state index in [2.05, 4.69) is 5.32 Å². The topological polar surface area (TPSA) is 38.3 Å². The quantitative estimate of drug-likeness (QED) is 0.822. The van der Waals surface area contributed by atoms with E-state index in [1.807, 2.05) is 0 Å². The van der Waals surface area contributed by atoms with Crippen LogP contribution in [0.1, 0.15) is 12.0 Å². The van der Waals surface area contributed by atoms with Gasteiger partial charge in [-0.25, -0.2) is 4.39 Å². The standard InChI is InChI=1S/C11H14FNO2/c1-8-7-9(3-4-10(8)12)15-6-5-11(14)13-2/h3-4,7H,5-6H2,1-2H3,(H,13,14). The lowest BCUT2D eigenvalue weighted by Crippen LogP contribution is -2.20. The molecule has 0 aromatic heterocycles. The molecule has 0 atom stereocenters. The molecule has 82 valence electrons. The molecule has 0 aliphatic carbocycles. The van der Waals surface area contributed by atoms with Gasteiger partial charge in [-0.05, 0) is 30.7 Å². The van der Waals surface area contributed by atoms with E-state index < -0.39 is 0 Å². The van der Waals surface area contributed by atoms with E-state index >= 15 is 0 Å². The van der Waals surface area contributed by atoms with E-state index in [4.69, 9.17) is 4.74 Å². The van der Waals surface area contributed by atoms with Crippen LogP contribution in [0.4, 0.5) is 4.39 Å². The van der Waals surface area contributed by atoms with Crippen molar-refractivity contribution in [1.82, 2.24) is 5.32 Å². The highest BCUT2D eigenvalue weighted by Crippen LogP contribution is 2.15. The van der Waals surface area contributed by atoms with Crippen LogP contribution in [0.5, 0.6) is 5.75 Å². The Kier molecular flexibility index (Phi) is 4.09. The number of ether oxygens (including phenoxy) is 1. The number of halogens is 1. The third kappa shape index (κ3) is 3.58. The molecule has 3 nitrogen and oxygen atoms in total. The van der Waals surface area contributed by atoms with Gasteiger partial charge in [-0.15, -0.1) is 0 Å². The number of aryl methyl sites for hydroxylation is 1. The second-order valence-corrected chi connectivity index (χ2v) is 3.18. The Morgan fingerprint density at radius 1 is 1.53 bits per heavy atom. The first kappa shape index (κ1) is 11.5. The molecule has 0 saturated carbocycles. The molecule has 1 aromatic rings. The molecule has 0 fully saturated rings. The summed E-state index contributed by atoms with van der Waals surface area (Å²) < 4.78 is 18.2. The molecule has 1 rings (SSSR count). The second-order valence-electron chi connectivity index (χ2n) is 3.18. The third-order valence-corrected chi connectivity index (χ3v) is 2.01. The Morgan fingerprint density at radius 3 is 2.87 bits per heavy atom. The van der Waals surface area contributed by atoms with Crippen LogP contribution >= 0.6 is 0 Å². The fourth-order valence-corrected chi connectivity index (χ4v) is 1.09. The van der Waals surface area contributed by atoms with Crippen molar-refractivity contribution in [2.75, 3.05) is 13.7 Å². The smallest absolute Gasteiger partial charge is 0.223 e. The van der Waals surface area contributed by atoms with E-state index in [0.29, 0.717) is 24.3 Å². The van der Waals surface area contributed by atoms with Gasteiger partial charge in [0, 0.05) is 7.05 Å². The van der Waals surface area contributed by atoms with Gasteiger partial charge in [-0.3, -0.25) is 4.79 Å². The number of carbonyl (C=O) groups excluding carboxylic acids is 1. The minimum absolute atomic E-state index is 0.0752. The Labute approximate surface area is 88.2 Å². The summed E-state index contributed by atoms with van der Waals surface area (Å²) in [5, 5.41) is 2.49. The summed E-state index contributed by atoms with van der Waals surface area (Å²) in [5.74, 6) is 0.250. The predicted molar refractivity (Wildman–Crippen MR) is 55.3 cm³/mol. The summed E-state index contributed by atoms with van der Waals surface area (Å²) in [4.78, 5) is 10.9. The number of amides is 1. The highest BCUT2D eigenvalue weighted by Gasteiger charge is 2.01. The predicted octanol–water partition coefficient (Wildman–Crippen LogP) is 1.65. The van der Waals surface area contributed by atoms with Crippen LogP contribution in [0.2, 0.25) is 0 Å². The monoisotopic (exact) mass is 211 g/mol. The molecule has 4 heteroatoms. The van der Waals surface area contributed by atoms with Crippen molar-refractivity contribution in [3.63, 3.8) is 0 Å². The van der Waals surface area contributed by atoms with Crippen LogP contribution < -0.4 is 10.1 Å². The minimum atomic E-state index is -0.256. The maximum Gasteiger partial charge on any atom is 0.223 e. The molecule has 1 N–H and O–H groups in total. The molecule has 0 aliphatic rings. The van der Waals surface area contributed by atoms with Gasteiger partial charge in [0.1, 0.15) is 11.6 Å². The maximum atomic E-state index is 12.9. The summed E-state index contributed by atoms with van der Waals surface area (Å²) in [6.45, 7) is 1.96. The molecule has 0 saturated heterocycles. The summed E-state index contributed by atoms with van der Waals surface area (Å²) >= 11 is 0. The molecular weight excluding hydrogens is 197 g/mol. The third-order valence-electron chi connectivity index (χ3n) is 2.01. The Bertz CT molecular complexity index is 352. The first-order valence-electron chi connectivity index (χ1n) is 4.73. The lowest BCUT2D eigenvalue weighted by molar-refractivity contribution is -0.121. The zero-order chi connectivity index (χ0) is 11.3. The largest absolute Gasteiger partial charge is 0.493 e. The fraction of sp³-hybridized carbons (Fsp3) is 0.364. The lowest BCUT2D eigenvalue weighted by Gasteiger charge is -2.06. The molecule has 0 bridgehead atoms. The van der Waals surface area contributed by atoms with Crippen molar-refractivity contribution < 1.29 is 13.9 Å². The van der Waals surface area contributed by atoms with Crippen molar-refractivity contribution in [3.8, 4) is 5.75 Å². The summed E-state index contributed by atoms with van der Waals surface area (Å²) in [6, 6.07) is 4.51. The van der Waals surface area contributed by atoms with Crippen molar-refractivity contribution in [2.24, 2.45) is 0 Å². The summed E-state index contributed by atoms with van der Waals surface area (Å²) in [5.41, 5.74) is 0.535. The van der Waals surface area contributed by atoms with Crippen LogP contribution in [0.3, 0.4) is 0 Å². The Hall–Kier alpha value is -1.58. The fourth-order valence-electron chi connectivity index (χ4n) is 1.09. The molecule has 0 radical (unpaired) electrons. The first-order valence-corrected chi connectivity index (χ1v) is 4.73. The van der Waals surface area contributed by atoms with Crippen LogP contribution in [-0.4, -0.2) is 19.6 Å². The SMILES string of the molecule is CNC(=O)CCOc1ccc(F)c(C)c1. The van der Waals surface area contributed by atoms with Gasteiger partial charge in [0.25, 0.3) is 0 Å². The molecule has 0 unspecified atom stereocenters. The Morgan fingerprint density at radius 2 is 2.27 bits per heavy atom. The average Bonchev–Trinajstić information content (AvgIpc) is 2.23. The van der Waals surface area contributed by atoms with Crippen molar-refractivity contribution in [3.05, 3.63) is 29.6 Å². The number of nitrogens with one attached hydrogen (secondary N) is 1. The number of rotatable bonds is 4.